The molecule has 2 rings (SSSR count). The van der Waals surface area contributed by atoms with Crippen LogP contribution in [0.1, 0.15) is 18.2 Å². The molecule has 1 heterocycles. The number of ether oxygens (including phenoxy) is 1. The summed E-state index contributed by atoms with van der Waals surface area (Å²) in [5.74, 6) is -0.0721. The second-order valence-corrected chi connectivity index (χ2v) is 4.48. The van der Waals surface area contributed by atoms with E-state index >= 15 is 0 Å². The minimum absolute atomic E-state index is 0.167. The number of aliphatic carboxylic acids is 1. The lowest BCUT2D eigenvalue weighted by molar-refractivity contribution is -0.136. The molecule has 2 aromatic rings. The molecule has 0 bridgehead atoms. The average Bonchev–Trinajstić information content (AvgIpc) is 2.43. The van der Waals surface area contributed by atoms with E-state index in [0.717, 1.165) is 0 Å². The molecule has 110 valence electrons. The number of benzene rings is 1. The first-order valence-corrected chi connectivity index (χ1v) is 6.56. The van der Waals surface area contributed by atoms with Gasteiger partial charge in [0.1, 0.15) is 11.6 Å². The van der Waals surface area contributed by atoms with E-state index in [1.165, 1.54) is 0 Å². The zero-order chi connectivity index (χ0) is 15.4. The number of para-hydroxylation sites is 1. The third-order valence-electron chi connectivity index (χ3n) is 2.99. The summed E-state index contributed by atoms with van der Waals surface area (Å²) in [6.07, 6.45) is -0.346. The third kappa shape index (κ3) is 3.28. The van der Waals surface area contributed by atoms with Gasteiger partial charge in [-0.15, -0.1) is 0 Å². The summed E-state index contributed by atoms with van der Waals surface area (Å²) >= 11 is 0. The molecule has 0 amide bonds. The van der Waals surface area contributed by atoms with Crippen molar-refractivity contribution < 1.29 is 14.6 Å². The zero-order valence-corrected chi connectivity index (χ0v) is 11.8. The Morgan fingerprint density at radius 2 is 2.10 bits per heavy atom. The summed E-state index contributed by atoms with van der Waals surface area (Å²) < 4.78 is 5.51. The largest absolute Gasteiger partial charge is 0.493 e. The SMILES string of the molecule is CCOc1ccccc1-c1nc(C)c(CC(=O)O)c(=O)[nH]1. The van der Waals surface area contributed by atoms with Crippen molar-refractivity contribution in [2.45, 2.75) is 20.3 Å². The minimum atomic E-state index is -1.06. The second-order valence-electron chi connectivity index (χ2n) is 4.48. The molecule has 0 spiro atoms. The molecule has 1 aromatic heterocycles. The van der Waals surface area contributed by atoms with E-state index in [2.05, 4.69) is 9.97 Å². The van der Waals surface area contributed by atoms with Crippen molar-refractivity contribution in [3.05, 3.63) is 45.9 Å². The highest BCUT2D eigenvalue weighted by molar-refractivity contribution is 5.71. The first kappa shape index (κ1) is 14.8. The average molecular weight is 288 g/mol. The summed E-state index contributed by atoms with van der Waals surface area (Å²) in [7, 11) is 0. The molecule has 6 nitrogen and oxygen atoms in total. The van der Waals surface area contributed by atoms with Gasteiger partial charge >= 0.3 is 5.97 Å². The van der Waals surface area contributed by atoms with Crippen LogP contribution in [0.4, 0.5) is 0 Å². The first-order chi connectivity index (χ1) is 10.0. The molecule has 1 aromatic carbocycles. The van der Waals surface area contributed by atoms with Gasteiger partial charge in [-0.05, 0) is 26.0 Å². The molecule has 0 aliphatic carbocycles. The Bertz CT molecular complexity index is 722. The van der Waals surface area contributed by atoms with Crippen molar-refractivity contribution in [1.82, 2.24) is 9.97 Å². The van der Waals surface area contributed by atoms with Crippen LogP contribution < -0.4 is 10.3 Å². The van der Waals surface area contributed by atoms with Gasteiger partial charge < -0.3 is 14.8 Å². The van der Waals surface area contributed by atoms with Crippen molar-refractivity contribution in [3.8, 4) is 17.1 Å². The predicted octanol–water partition coefficient (Wildman–Crippen LogP) is 1.77. The Kier molecular flexibility index (Phi) is 4.37. The quantitative estimate of drug-likeness (QED) is 0.874. The van der Waals surface area contributed by atoms with Crippen LogP contribution in [0, 0.1) is 6.92 Å². The zero-order valence-electron chi connectivity index (χ0n) is 11.8. The van der Waals surface area contributed by atoms with Crippen LogP contribution in [0.15, 0.2) is 29.1 Å². The molecule has 0 aliphatic rings. The lowest BCUT2D eigenvalue weighted by atomic mass is 10.1. The molecule has 0 saturated heterocycles. The van der Waals surface area contributed by atoms with Gasteiger partial charge in [0.15, 0.2) is 0 Å². The molecule has 0 aliphatic heterocycles. The summed E-state index contributed by atoms with van der Waals surface area (Å²) in [6.45, 7) is 3.99. The number of hydrogen-bond acceptors (Lipinski definition) is 4. The van der Waals surface area contributed by atoms with Crippen molar-refractivity contribution >= 4 is 5.97 Å². The highest BCUT2D eigenvalue weighted by Gasteiger charge is 2.14. The summed E-state index contributed by atoms with van der Waals surface area (Å²) in [5, 5.41) is 8.82. The Labute approximate surface area is 121 Å². The van der Waals surface area contributed by atoms with Crippen LogP contribution in [0.25, 0.3) is 11.4 Å². The normalized spacial score (nSPS) is 10.4. The van der Waals surface area contributed by atoms with Gasteiger partial charge in [-0.1, -0.05) is 12.1 Å². The van der Waals surface area contributed by atoms with Crippen molar-refractivity contribution in [1.29, 1.82) is 0 Å². The molecule has 21 heavy (non-hydrogen) atoms. The van der Waals surface area contributed by atoms with Gasteiger partial charge in [0, 0.05) is 11.3 Å². The predicted molar refractivity (Wildman–Crippen MR) is 77.5 cm³/mol. The topological polar surface area (TPSA) is 92.3 Å². The van der Waals surface area contributed by atoms with Crippen LogP contribution in [0.5, 0.6) is 5.75 Å². The standard InChI is InChI=1S/C15H16N2O4/c1-3-21-12-7-5-4-6-10(12)14-16-9(2)11(8-13(18)19)15(20)17-14/h4-7H,3,8H2,1-2H3,(H,18,19)(H,16,17,20). The van der Waals surface area contributed by atoms with Crippen LogP contribution in [-0.4, -0.2) is 27.7 Å². The molecule has 6 heteroatoms. The van der Waals surface area contributed by atoms with E-state index in [-0.39, 0.29) is 12.0 Å². The molecule has 0 radical (unpaired) electrons. The summed E-state index contributed by atoms with van der Waals surface area (Å²) in [4.78, 5) is 29.7. The molecule has 0 saturated carbocycles. The summed E-state index contributed by atoms with van der Waals surface area (Å²) in [6, 6.07) is 7.23. The van der Waals surface area contributed by atoms with Crippen LogP contribution in [0.2, 0.25) is 0 Å². The van der Waals surface area contributed by atoms with Gasteiger partial charge in [0.25, 0.3) is 5.56 Å². The highest BCUT2D eigenvalue weighted by atomic mass is 16.5. The molecule has 0 unspecified atom stereocenters. The number of carboxylic acids is 1. The number of rotatable bonds is 5. The number of carbonyl (C=O) groups is 1. The lowest BCUT2D eigenvalue weighted by Crippen LogP contribution is -2.20. The number of carboxylic acid groups (broad SMARTS) is 1. The first-order valence-electron chi connectivity index (χ1n) is 6.56. The fourth-order valence-corrected chi connectivity index (χ4v) is 2.04. The fourth-order valence-electron chi connectivity index (χ4n) is 2.04. The van der Waals surface area contributed by atoms with Gasteiger partial charge in [-0.2, -0.15) is 0 Å². The number of nitrogens with zero attached hydrogens (tertiary/aromatic N) is 1. The lowest BCUT2D eigenvalue weighted by Gasteiger charge is -2.10. The van der Waals surface area contributed by atoms with Crippen LogP contribution in [0.3, 0.4) is 0 Å². The number of H-pyrrole nitrogens is 1. The monoisotopic (exact) mass is 288 g/mol. The maximum atomic E-state index is 12.0. The Morgan fingerprint density at radius 3 is 2.71 bits per heavy atom. The molecular formula is C15H16N2O4. The van der Waals surface area contributed by atoms with E-state index < -0.39 is 11.5 Å². The Hall–Kier alpha value is -2.63. The smallest absolute Gasteiger partial charge is 0.308 e. The van der Waals surface area contributed by atoms with Gasteiger partial charge in [0.2, 0.25) is 0 Å². The highest BCUT2D eigenvalue weighted by Crippen LogP contribution is 2.26. The molecular weight excluding hydrogens is 272 g/mol. The second kappa shape index (κ2) is 6.21. The van der Waals surface area contributed by atoms with Crippen LogP contribution in [-0.2, 0) is 11.2 Å². The van der Waals surface area contributed by atoms with Crippen molar-refractivity contribution in [2.75, 3.05) is 6.61 Å². The number of aromatic nitrogens is 2. The summed E-state index contributed by atoms with van der Waals surface area (Å²) in [5.41, 5.74) is 0.801. The van der Waals surface area contributed by atoms with Gasteiger partial charge in [-0.25, -0.2) is 4.98 Å². The van der Waals surface area contributed by atoms with E-state index in [1.807, 2.05) is 19.1 Å². The molecule has 2 N–H and O–H groups in total. The van der Waals surface area contributed by atoms with E-state index in [0.29, 0.717) is 29.4 Å². The Morgan fingerprint density at radius 1 is 1.38 bits per heavy atom. The van der Waals surface area contributed by atoms with E-state index in [9.17, 15) is 9.59 Å². The van der Waals surface area contributed by atoms with E-state index in [1.54, 1.807) is 19.1 Å². The fraction of sp³-hybridized carbons (Fsp3) is 0.267. The third-order valence-corrected chi connectivity index (χ3v) is 2.99. The number of aromatic amines is 1. The number of aryl methyl sites for hydroxylation is 1. The minimum Gasteiger partial charge on any atom is -0.493 e. The van der Waals surface area contributed by atoms with Gasteiger partial charge in [0.05, 0.1) is 18.6 Å². The van der Waals surface area contributed by atoms with E-state index in [4.69, 9.17) is 9.84 Å². The molecule has 0 fully saturated rings. The van der Waals surface area contributed by atoms with Crippen molar-refractivity contribution in [2.24, 2.45) is 0 Å². The van der Waals surface area contributed by atoms with Gasteiger partial charge in [-0.3, -0.25) is 9.59 Å². The maximum Gasteiger partial charge on any atom is 0.308 e. The maximum absolute atomic E-state index is 12.0. The Balaban J connectivity index is 2.52. The molecule has 0 atom stereocenters. The van der Waals surface area contributed by atoms with Crippen LogP contribution >= 0.6 is 0 Å². The number of hydrogen-bond donors (Lipinski definition) is 2. The number of nitrogens with one attached hydrogen (secondary N) is 1. The van der Waals surface area contributed by atoms with Crippen molar-refractivity contribution in [3.63, 3.8) is 0 Å².